The SMILES string of the molecule is CC(C)(C#N)COC(=O)C(=O)OCC(C)(C)C#N. The molecule has 0 fully saturated rings. The molecule has 0 aliphatic heterocycles. The van der Waals surface area contributed by atoms with E-state index in [4.69, 9.17) is 10.5 Å². The van der Waals surface area contributed by atoms with Crippen molar-refractivity contribution in [3.8, 4) is 12.1 Å². The Morgan fingerprint density at radius 2 is 1.17 bits per heavy atom. The Kier molecular flexibility index (Phi) is 5.32. The van der Waals surface area contributed by atoms with Gasteiger partial charge < -0.3 is 9.47 Å². The Labute approximate surface area is 106 Å². The molecule has 98 valence electrons. The molecular formula is C12H16N2O4. The quantitative estimate of drug-likeness (QED) is 0.550. The lowest BCUT2D eigenvalue weighted by molar-refractivity contribution is -0.170. The summed E-state index contributed by atoms with van der Waals surface area (Å²) >= 11 is 0. The molecule has 0 aromatic heterocycles. The standard InChI is InChI=1S/C12H16N2O4/c1-11(2,5-13)7-17-9(15)10(16)18-8-12(3,4)6-14/h7-8H2,1-4H3. The predicted molar refractivity (Wildman–Crippen MR) is 60.7 cm³/mol. The Morgan fingerprint density at radius 3 is 1.39 bits per heavy atom. The predicted octanol–water partition coefficient (Wildman–Crippen LogP) is 1.17. The van der Waals surface area contributed by atoms with Crippen molar-refractivity contribution >= 4 is 11.9 Å². The van der Waals surface area contributed by atoms with Gasteiger partial charge in [-0.05, 0) is 27.7 Å². The molecule has 0 amide bonds. The number of ether oxygens (including phenoxy) is 2. The molecule has 0 heterocycles. The van der Waals surface area contributed by atoms with Crippen LogP contribution in [-0.2, 0) is 19.1 Å². The van der Waals surface area contributed by atoms with Gasteiger partial charge in [-0.2, -0.15) is 10.5 Å². The molecule has 0 atom stereocenters. The Balaban J connectivity index is 4.20. The van der Waals surface area contributed by atoms with Crippen LogP contribution in [0.2, 0.25) is 0 Å². The number of nitriles is 2. The van der Waals surface area contributed by atoms with E-state index in [1.807, 2.05) is 12.1 Å². The summed E-state index contributed by atoms with van der Waals surface area (Å²) in [6.07, 6.45) is 0. The summed E-state index contributed by atoms with van der Waals surface area (Å²) in [5.74, 6) is -2.32. The van der Waals surface area contributed by atoms with Crippen molar-refractivity contribution in [1.82, 2.24) is 0 Å². The molecule has 0 aliphatic rings. The van der Waals surface area contributed by atoms with Gasteiger partial charge in [0.05, 0.1) is 23.0 Å². The Hall–Kier alpha value is -2.08. The first-order valence-corrected chi connectivity index (χ1v) is 5.30. The Morgan fingerprint density at radius 1 is 0.889 bits per heavy atom. The number of hydrogen-bond donors (Lipinski definition) is 0. The summed E-state index contributed by atoms with van der Waals surface area (Å²) in [5, 5.41) is 17.4. The highest BCUT2D eigenvalue weighted by atomic mass is 16.6. The van der Waals surface area contributed by atoms with E-state index in [1.165, 1.54) is 0 Å². The maximum Gasteiger partial charge on any atom is 0.417 e. The lowest BCUT2D eigenvalue weighted by Gasteiger charge is -2.16. The summed E-state index contributed by atoms with van der Waals surface area (Å²) in [6.45, 7) is 5.90. The van der Waals surface area contributed by atoms with Gasteiger partial charge in [-0.1, -0.05) is 0 Å². The van der Waals surface area contributed by atoms with Crippen LogP contribution in [0.5, 0.6) is 0 Å². The number of carbonyl (C=O) groups is 2. The molecule has 0 aromatic rings. The topological polar surface area (TPSA) is 100 Å². The number of nitrogens with zero attached hydrogens (tertiary/aromatic N) is 2. The maximum atomic E-state index is 11.2. The summed E-state index contributed by atoms with van der Waals surface area (Å²) < 4.78 is 9.28. The average molecular weight is 252 g/mol. The van der Waals surface area contributed by atoms with Gasteiger partial charge in [-0.3, -0.25) is 0 Å². The maximum absolute atomic E-state index is 11.2. The van der Waals surface area contributed by atoms with Crippen LogP contribution in [0.1, 0.15) is 27.7 Å². The Bertz CT molecular complexity index is 373. The summed E-state index contributed by atoms with van der Waals surface area (Å²) in [5.41, 5.74) is -1.72. The number of rotatable bonds is 4. The number of hydrogen-bond acceptors (Lipinski definition) is 6. The molecule has 0 aromatic carbocycles. The van der Waals surface area contributed by atoms with Crippen molar-refractivity contribution in [2.24, 2.45) is 10.8 Å². The van der Waals surface area contributed by atoms with Crippen molar-refractivity contribution in [3.63, 3.8) is 0 Å². The van der Waals surface area contributed by atoms with Gasteiger partial charge in [0.2, 0.25) is 0 Å². The molecular weight excluding hydrogens is 236 g/mol. The molecule has 0 saturated carbocycles. The first-order valence-electron chi connectivity index (χ1n) is 5.30. The largest absolute Gasteiger partial charge is 0.456 e. The molecule has 6 heteroatoms. The molecule has 0 rings (SSSR count). The van der Waals surface area contributed by atoms with Crippen LogP contribution in [0.3, 0.4) is 0 Å². The third-order valence-corrected chi connectivity index (χ3v) is 1.90. The second kappa shape index (κ2) is 6.02. The second-order valence-electron chi connectivity index (χ2n) is 5.14. The molecule has 0 aliphatic carbocycles. The van der Waals surface area contributed by atoms with Gasteiger partial charge in [0, 0.05) is 0 Å². The molecule has 0 N–H and O–H groups in total. The number of esters is 2. The van der Waals surface area contributed by atoms with Crippen molar-refractivity contribution < 1.29 is 19.1 Å². The highest BCUT2D eigenvalue weighted by Gasteiger charge is 2.26. The molecule has 6 nitrogen and oxygen atoms in total. The fourth-order valence-corrected chi connectivity index (χ4v) is 0.674. The highest BCUT2D eigenvalue weighted by Crippen LogP contribution is 2.15. The lowest BCUT2D eigenvalue weighted by atomic mass is 9.97. The molecule has 0 bridgehead atoms. The molecule has 0 radical (unpaired) electrons. The van der Waals surface area contributed by atoms with E-state index in [9.17, 15) is 9.59 Å². The number of carbonyl (C=O) groups excluding carboxylic acids is 2. The molecule has 0 spiro atoms. The fourth-order valence-electron chi connectivity index (χ4n) is 0.674. The average Bonchev–Trinajstić information content (AvgIpc) is 2.33. The monoisotopic (exact) mass is 252 g/mol. The van der Waals surface area contributed by atoms with E-state index < -0.39 is 22.8 Å². The minimum absolute atomic E-state index is 0.195. The zero-order chi connectivity index (χ0) is 14.4. The molecule has 18 heavy (non-hydrogen) atoms. The normalized spacial score (nSPS) is 11.0. The van der Waals surface area contributed by atoms with E-state index in [0.29, 0.717) is 0 Å². The van der Waals surface area contributed by atoms with Gasteiger partial charge in [0.25, 0.3) is 0 Å². The van der Waals surface area contributed by atoms with Gasteiger partial charge in [-0.25, -0.2) is 9.59 Å². The van der Waals surface area contributed by atoms with Crippen LogP contribution in [0, 0.1) is 33.5 Å². The van der Waals surface area contributed by atoms with Gasteiger partial charge in [0.1, 0.15) is 13.2 Å². The summed E-state index contributed by atoms with van der Waals surface area (Å²) in [6, 6.07) is 3.86. The third kappa shape index (κ3) is 5.86. The van der Waals surface area contributed by atoms with Gasteiger partial charge in [-0.15, -0.1) is 0 Å². The van der Waals surface area contributed by atoms with Crippen LogP contribution in [0.4, 0.5) is 0 Å². The van der Waals surface area contributed by atoms with Crippen LogP contribution in [0.15, 0.2) is 0 Å². The second-order valence-corrected chi connectivity index (χ2v) is 5.14. The van der Waals surface area contributed by atoms with Gasteiger partial charge >= 0.3 is 11.9 Å². The van der Waals surface area contributed by atoms with E-state index >= 15 is 0 Å². The third-order valence-electron chi connectivity index (χ3n) is 1.90. The van der Waals surface area contributed by atoms with Crippen LogP contribution in [0.25, 0.3) is 0 Å². The first-order chi connectivity index (χ1) is 8.13. The van der Waals surface area contributed by atoms with Crippen LogP contribution < -0.4 is 0 Å². The highest BCUT2D eigenvalue weighted by molar-refractivity contribution is 6.29. The van der Waals surface area contributed by atoms with Crippen LogP contribution >= 0.6 is 0 Å². The lowest BCUT2D eigenvalue weighted by Crippen LogP contribution is -2.29. The zero-order valence-electron chi connectivity index (χ0n) is 10.9. The smallest absolute Gasteiger partial charge is 0.417 e. The minimum Gasteiger partial charge on any atom is -0.456 e. The van der Waals surface area contributed by atoms with Crippen molar-refractivity contribution in [2.75, 3.05) is 13.2 Å². The zero-order valence-corrected chi connectivity index (χ0v) is 10.9. The van der Waals surface area contributed by atoms with Crippen LogP contribution in [-0.4, -0.2) is 25.2 Å². The van der Waals surface area contributed by atoms with Gasteiger partial charge in [0.15, 0.2) is 0 Å². The van der Waals surface area contributed by atoms with E-state index in [1.54, 1.807) is 27.7 Å². The molecule has 0 saturated heterocycles. The van der Waals surface area contributed by atoms with Crippen molar-refractivity contribution in [2.45, 2.75) is 27.7 Å². The van der Waals surface area contributed by atoms with Crippen molar-refractivity contribution in [1.29, 1.82) is 10.5 Å². The van der Waals surface area contributed by atoms with Crippen molar-refractivity contribution in [3.05, 3.63) is 0 Å². The minimum atomic E-state index is -1.16. The van der Waals surface area contributed by atoms with E-state index in [0.717, 1.165) is 0 Å². The molecule has 0 unspecified atom stereocenters. The fraction of sp³-hybridized carbons (Fsp3) is 0.667. The summed E-state index contributed by atoms with van der Waals surface area (Å²) in [7, 11) is 0. The summed E-state index contributed by atoms with van der Waals surface area (Å²) in [4.78, 5) is 22.4. The van der Waals surface area contributed by atoms with E-state index in [-0.39, 0.29) is 13.2 Å². The first kappa shape index (κ1) is 15.9. The van der Waals surface area contributed by atoms with E-state index in [2.05, 4.69) is 9.47 Å².